The zero-order chi connectivity index (χ0) is 18.0. The van der Waals surface area contributed by atoms with Crippen LogP contribution >= 0.6 is 11.6 Å². The van der Waals surface area contributed by atoms with Gasteiger partial charge >= 0.3 is 5.97 Å². The molecule has 1 fully saturated rings. The summed E-state index contributed by atoms with van der Waals surface area (Å²) in [4.78, 5) is 25.4. The average molecular weight is 364 g/mol. The number of nitrogens with one attached hydrogen (secondary N) is 1. The molecule has 3 rings (SSSR count). The minimum Gasteiger partial charge on any atom is -0.477 e. The lowest BCUT2D eigenvalue weighted by atomic mass is 10.1. The van der Waals surface area contributed by atoms with Crippen molar-refractivity contribution >= 4 is 29.3 Å². The zero-order valence-electron chi connectivity index (χ0n) is 13.7. The molecule has 1 aromatic heterocycles. The van der Waals surface area contributed by atoms with Gasteiger partial charge in [0.2, 0.25) is 5.91 Å². The summed E-state index contributed by atoms with van der Waals surface area (Å²) in [5.74, 6) is -0.809. The summed E-state index contributed by atoms with van der Waals surface area (Å²) in [6.07, 6.45) is 1.19. The van der Waals surface area contributed by atoms with E-state index in [2.05, 4.69) is 10.5 Å². The van der Waals surface area contributed by atoms with E-state index in [1.54, 1.807) is 29.2 Å². The molecule has 1 saturated heterocycles. The number of benzene rings is 1. The van der Waals surface area contributed by atoms with E-state index in [9.17, 15) is 14.7 Å². The number of anilines is 1. The van der Waals surface area contributed by atoms with E-state index < -0.39 is 5.97 Å². The molecule has 2 N–H and O–H groups in total. The third kappa shape index (κ3) is 3.61. The van der Waals surface area contributed by atoms with E-state index in [1.165, 1.54) is 0 Å². The molecule has 0 radical (unpaired) electrons. The standard InChI is InChI=1S/C17H18ClN3O4/c1-2-7-21-9-12(8-13(21)22)19-16-14(17(23)24)15(25-20-16)10-3-5-11(18)6-4-10/h3-6,12H,2,7-9H2,1H3,(H,19,20)(H,23,24). The van der Waals surface area contributed by atoms with Gasteiger partial charge in [-0.05, 0) is 30.7 Å². The number of aromatic carboxylic acids is 1. The fourth-order valence-corrected chi connectivity index (χ4v) is 3.06. The van der Waals surface area contributed by atoms with Crippen molar-refractivity contribution in [3.05, 3.63) is 34.9 Å². The Bertz CT molecular complexity index is 788. The first kappa shape index (κ1) is 17.3. The van der Waals surface area contributed by atoms with Crippen molar-refractivity contribution in [3.8, 4) is 11.3 Å². The summed E-state index contributed by atoms with van der Waals surface area (Å²) < 4.78 is 5.26. The molecular formula is C17H18ClN3O4. The third-order valence-corrected chi connectivity index (χ3v) is 4.31. The fraction of sp³-hybridized carbons (Fsp3) is 0.353. The van der Waals surface area contributed by atoms with Crippen molar-refractivity contribution in [1.82, 2.24) is 10.1 Å². The largest absolute Gasteiger partial charge is 0.477 e. The fourth-order valence-electron chi connectivity index (χ4n) is 2.93. The highest BCUT2D eigenvalue weighted by Gasteiger charge is 2.32. The summed E-state index contributed by atoms with van der Waals surface area (Å²) >= 11 is 5.86. The topological polar surface area (TPSA) is 95.7 Å². The summed E-state index contributed by atoms with van der Waals surface area (Å²) in [6, 6.07) is 6.44. The number of hydrogen-bond acceptors (Lipinski definition) is 5. The van der Waals surface area contributed by atoms with Crippen molar-refractivity contribution in [3.63, 3.8) is 0 Å². The molecule has 1 unspecified atom stereocenters. The Balaban J connectivity index is 1.84. The first-order chi connectivity index (χ1) is 12.0. The van der Waals surface area contributed by atoms with Gasteiger partial charge < -0.3 is 19.8 Å². The summed E-state index contributed by atoms with van der Waals surface area (Å²) in [5.41, 5.74) is 0.515. The van der Waals surface area contributed by atoms with Crippen LogP contribution in [0.3, 0.4) is 0 Å². The normalized spacial score (nSPS) is 17.1. The maximum Gasteiger partial charge on any atom is 0.343 e. The molecule has 2 heterocycles. The van der Waals surface area contributed by atoms with Crippen molar-refractivity contribution < 1.29 is 19.2 Å². The zero-order valence-corrected chi connectivity index (χ0v) is 14.4. The van der Waals surface area contributed by atoms with Crippen LogP contribution in [0.15, 0.2) is 28.8 Å². The Labute approximate surface area is 149 Å². The van der Waals surface area contributed by atoms with Crippen molar-refractivity contribution in [2.75, 3.05) is 18.4 Å². The van der Waals surface area contributed by atoms with Crippen LogP contribution in [0.5, 0.6) is 0 Å². The van der Waals surface area contributed by atoms with Crippen molar-refractivity contribution in [1.29, 1.82) is 0 Å². The Morgan fingerprint density at radius 2 is 2.16 bits per heavy atom. The number of carbonyl (C=O) groups is 2. The molecule has 1 amide bonds. The lowest BCUT2D eigenvalue weighted by Crippen LogP contribution is -2.28. The summed E-state index contributed by atoms with van der Waals surface area (Å²) in [5, 5.41) is 17.0. The predicted octanol–water partition coefficient (Wildman–Crippen LogP) is 3.12. The number of amides is 1. The number of likely N-dealkylation sites (tertiary alicyclic amines) is 1. The lowest BCUT2D eigenvalue weighted by molar-refractivity contribution is -0.127. The first-order valence-corrected chi connectivity index (χ1v) is 8.40. The molecular weight excluding hydrogens is 346 g/mol. The van der Waals surface area contributed by atoms with Crippen LogP contribution < -0.4 is 5.32 Å². The maximum absolute atomic E-state index is 12.0. The van der Waals surface area contributed by atoms with E-state index in [4.69, 9.17) is 16.1 Å². The number of halogens is 1. The van der Waals surface area contributed by atoms with Gasteiger partial charge in [-0.2, -0.15) is 0 Å². The van der Waals surface area contributed by atoms with E-state index in [1.807, 2.05) is 6.92 Å². The van der Waals surface area contributed by atoms with E-state index in [-0.39, 0.29) is 29.1 Å². The summed E-state index contributed by atoms with van der Waals surface area (Å²) in [7, 11) is 0. The Hall–Kier alpha value is -2.54. The van der Waals surface area contributed by atoms with Crippen LogP contribution in [-0.2, 0) is 4.79 Å². The van der Waals surface area contributed by atoms with Crippen molar-refractivity contribution in [2.24, 2.45) is 0 Å². The second-order valence-electron chi connectivity index (χ2n) is 5.93. The van der Waals surface area contributed by atoms with Gasteiger partial charge in [-0.3, -0.25) is 4.79 Å². The highest BCUT2D eigenvalue weighted by Crippen LogP contribution is 2.31. The van der Waals surface area contributed by atoms with Gasteiger partial charge in [0.05, 0.1) is 6.04 Å². The molecule has 132 valence electrons. The Kier molecular flexibility index (Phi) is 4.94. The quantitative estimate of drug-likeness (QED) is 0.818. The lowest BCUT2D eigenvalue weighted by Gasteiger charge is -2.15. The number of hydrogen-bond donors (Lipinski definition) is 2. The minimum absolute atomic E-state index is 0.0521. The van der Waals surface area contributed by atoms with Crippen LogP contribution in [0.25, 0.3) is 11.3 Å². The second kappa shape index (κ2) is 7.14. The highest BCUT2D eigenvalue weighted by atomic mass is 35.5. The monoisotopic (exact) mass is 363 g/mol. The predicted molar refractivity (Wildman–Crippen MR) is 92.8 cm³/mol. The minimum atomic E-state index is -1.15. The molecule has 1 aliphatic rings. The van der Waals surface area contributed by atoms with Crippen LogP contribution in [0.1, 0.15) is 30.1 Å². The number of nitrogens with zero attached hydrogens (tertiary/aromatic N) is 2. The SMILES string of the molecule is CCCN1CC(Nc2noc(-c3ccc(Cl)cc3)c2C(=O)O)CC1=O. The number of carboxylic acid groups (broad SMARTS) is 1. The molecule has 1 atom stereocenters. The van der Waals surface area contributed by atoms with Crippen LogP contribution in [-0.4, -0.2) is 46.2 Å². The van der Waals surface area contributed by atoms with Crippen LogP contribution in [0, 0.1) is 0 Å². The number of aromatic nitrogens is 1. The maximum atomic E-state index is 12.0. The molecule has 1 aromatic carbocycles. The molecule has 0 bridgehead atoms. The van der Waals surface area contributed by atoms with Gasteiger partial charge in [-0.15, -0.1) is 0 Å². The van der Waals surface area contributed by atoms with Gasteiger partial charge in [0.1, 0.15) is 0 Å². The van der Waals surface area contributed by atoms with Crippen LogP contribution in [0.4, 0.5) is 5.82 Å². The Morgan fingerprint density at radius 3 is 2.80 bits per heavy atom. The third-order valence-electron chi connectivity index (χ3n) is 4.06. The van der Waals surface area contributed by atoms with E-state index in [0.717, 1.165) is 6.42 Å². The molecule has 0 spiro atoms. The van der Waals surface area contributed by atoms with E-state index >= 15 is 0 Å². The van der Waals surface area contributed by atoms with Gasteiger partial charge in [-0.25, -0.2) is 4.79 Å². The molecule has 1 aliphatic heterocycles. The number of rotatable bonds is 6. The second-order valence-corrected chi connectivity index (χ2v) is 6.37. The van der Waals surface area contributed by atoms with Gasteiger partial charge in [0.15, 0.2) is 17.1 Å². The molecule has 2 aromatic rings. The Morgan fingerprint density at radius 1 is 1.44 bits per heavy atom. The number of carbonyl (C=O) groups excluding carboxylic acids is 1. The van der Waals surface area contributed by atoms with Gasteiger partial charge in [-0.1, -0.05) is 23.7 Å². The smallest absolute Gasteiger partial charge is 0.343 e. The molecule has 8 heteroatoms. The van der Waals surface area contributed by atoms with Crippen LogP contribution in [0.2, 0.25) is 5.02 Å². The summed E-state index contributed by atoms with van der Waals surface area (Å²) in [6.45, 7) is 3.22. The highest BCUT2D eigenvalue weighted by molar-refractivity contribution is 6.30. The van der Waals surface area contributed by atoms with Gasteiger partial charge in [0, 0.05) is 30.1 Å². The van der Waals surface area contributed by atoms with E-state index in [0.29, 0.717) is 30.1 Å². The van der Waals surface area contributed by atoms with Gasteiger partial charge in [0.25, 0.3) is 0 Å². The number of carboxylic acids is 1. The molecule has 25 heavy (non-hydrogen) atoms. The molecule has 7 nitrogen and oxygen atoms in total. The van der Waals surface area contributed by atoms with Crippen molar-refractivity contribution in [2.45, 2.75) is 25.8 Å². The molecule has 0 aliphatic carbocycles. The first-order valence-electron chi connectivity index (χ1n) is 8.02. The average Bonchev–Trinajstić information content (AvgIpc) is 3.13. The molecule has 0 saturated carbocycles.